The van der Waals surface area contributed by atoms with Crippen LogP contribution in [-0.2, 0) is 0 Å². The molecule has 0 atom stereocenters. The van der Waals surface area contributed by atoms with Crippen molar-refractivity contribution >= 4 is 0 Å². The molecule has 0 fully saturated rings. The molecule has 0 amide bonds. The molecule has 0 heteroatoms. The summed E-state index contributed by atoms with van der Waals surface area (Å²) < 4.78 is 0. The molecule has 0 spiro atoms. The van der Waals surface area contributed by atoms with Crippen molar-refractivity contribution in [2.24, 2.45) is 0 Å². The van der Waals surface area contributed by atoms with Gasteiger partial charge in [-0.2, -0.15) is 0 Å². The molecule has 0 saturated heterocycles. The van der Waals surface area contributed by atoms with Crippen LogP contribution >= 0.6 is 0 Å². The largest absolute Gasteiger partial charge is 0.0885 e. The zero-order valence-electron chi connectivity index (χ0n) is 5.69. The van der Waals surface area contributed by atoms with Crippen LogP contribution in [-0.4, -0.2) is 0 Å². The van der Waals surface area contributed by atoms with Gasteiger partial charge in [0.25, 0.3) is 0 Å². The lowest BCUT2D eigenvalue weighted by Gasteiger charge is -1.85. The molecule has 0 nitrogen and oxygen atoms in total. The lowest BCUT2D eigenvalue weighted by molar-refractivity contribution is 0.813. The van der Waals surface area contributed by atoms with E-state index in [0.717, 1.165) is 6.42 Å². The van der Waals surface area contributed by atoms with E-state index < -0.39 is 0 Å². The van der Waals surface area contributed by atoms with Crippen molar-refractivity contribution in [1.29, 1.82) is 0 Å². The first-order valence-corrected chi connectivity index (χ1v) is 3.36. The van der Waals surface area contributed by atoms with E-state index in [9.17, 15) is 0 Å². The Balaban J connectivity index is 2.80. The normalized spacial score (nSPS) is 10.8. The monoisotopic (exact) mass is 111 g/mol. The molecule has 0 unspecified atom stereocenters. The predicted octanol–water partition coefficient (Wildman–Crippen LogP) is 2.96. The predicted molar refractivity (Wildman–Crippen MR) is 38.6 cm³/mol. The first-order valence-electron chi connectivity index (χ1n) is 3.36. The smallest absolute Gasteiger partial charge is 0.0351 e. The fraction of sp³-hybridized carbons (Fsp3) is 0.625. The minimum absolute atomic E-state index is 0.934. The topological polar surface area (TPSA) is 0 Å². The average molecular weight is 111 g/mol. The van der Waals surface area contributed by atoms with Gasteiger partial charge in [-0.05, 0) is 19.8 Å². The summed E-state index contributed by atoms with van der Waals surface area (Å²) in [6.07, 6.45) is 9.10. The molecule has 0 aromatic rings. The van der Waals surface area contributed by atoms with Gasteiger partial charge in [-0.3, -0.25) is 0 Å². The molecule has 0 saturated carbocycles. The molecule has 0 rings (SSSR count). The van der Waals surface area contributed by atoms with Crippen molar-refractivity contribution in [2.75, 3.05) is 0 Å². The van der Waals surface area contributed by atoms with E-state index in [2.05, 4.69) is 26.0 Å². The summed E-state index contributed by atoms with van der Waals surface area (Å²) in [4.78, 5) is 0. The van der Waals surface area contributed by atoms with Gasteiger partial charge < -0.3 is 0 Å². The second-order valence-corrected chi connectivity index (χ2v) is 1.90. The van der Waals surface area contributed by atoms with Crippen LogP contribution in [0, 0.1) is 6.92 Å². The highest BCUT2D eigenvalue weighted by Gasteiger charge is 1.74. The third-order valence-electron chi connectivity index (χ3n) is 1.06. The Labute approximate surface area is 52.6 Å². The van der Waals surface area contributed by atoms with Crippen molar-refractivity contribution < 1.29 is 0 Å². The molecule has 47 valence electrons. The lowest BCUT2D eigenvalue weighted by Crippen LogP contribution is -1.65. The maximum Gasteiger partial charge on any atom is -0.0351 e. The van der Waals surface area contributed by atoms with E-state index in [4.69, 9.17) is 0 Å². The fourth-order valence-corrected chi connectivity index (χ4v) is 0.558. The second kappa shape index (κ2) is 6.74. The fourth-order valence-electron chi connectivity index (χ4n) is 0.558. The third-order valence-corrected chi connectivity index (χ3v) is 1.06. The standard InChI is InChI=1S/C8H15/c1-3-5-7-8-6-4-2/h5,7H,1,3-4,6,8H2,2H3. The molecule has 0 aromatic heterocycles. The summed E-state index contributed by atoms with van der Waals surface area (Å²) in [5.74, 6) is 0. The summed E-state index contributed by atoms with van der Waals surface area (Å²) in [5, 5.41) is 0. The van der Waals surface area contributed by atoms with Crippen molar-refractivity contribution in [3.8, 4) is 0 Å². The minimum Gasteiger partial charge on any atom is -0.0885 e. The van der Waals surface area contributed by atoms with E-state index in [1.54, 1.807) is 0 Å². The molecule has 8 heavy (non-hydrogen) atoms. The van der Waals surface area contributed by atoms with E-state index in [-0.39, 0.29) is 0 Å². The quantitative estimate of drug-likeness (QED) is 0.386. The van der Waals surface area contributed by atoms with Crippen LogP contribution in [0.15, 0.2) is 12.2 Å². The Morgan fingerprint density at radius 3 is 2.62 bits per heavy atom. The van der Waals surface area contributed by atoms with Gasteiger partial charge in [-0.15, -0.1) is 0 Å². The van der Waals surface area contributed by atoms with Crippen molar-refractivity contribution in [3.05, 3.63) is 19.1 Å². The lowest BCUT2D eigenvalue weighted by atomic mass is 10.2. The summed E-state index contributed by atoms with van der Waals surface area (Å²) in [5.41, 5.74) is 0. The van der Waals surface area contributed by atoms with Gasteiger partial charge in [0.1, 0.15) is 0 Å². The zero-order chi connectivity index (χ0) is 6.24. The Kier molecular flexibility index (Phi) is 6.52. The van der Waals surface area contributed by atoms with Crippen LogP contribution in [0.25, 0.3) is 0 Å². The van der Waals surface area contributed by atoms with E-state index >= 15 is 0 Å². The highest BCUT2D eigenvalue weighted by Crippen LogP contribution is 1.94. The van der Waals surface area contributed by atoms with Crippen molar-refractivity contribution in [3.63, 3.8) is 0 Å². The molecular formula is C8H15. The number of allylic oxidation sites excluding steroid dienone is 2. The van der Waals surface area contributed by atoms with Gasteiger partial charge in [-0.1, -0.05) is 31.9 Å². The molecule has 1 radical (unpaired) electrons. The first kappa shape index (κ1) is 7.74. The third kappa shape index (κ3) is 5.74. The van der Waals surface area contributed by atoms with Crippen molar-refractivity contribution in [1.82, 2.24) is 0 Å². The SMILES string of the molecule is [CH2]CC=CCCCC. The Hall–Kier alpha value is -0.260. The Morgan fingerprint density at radius 1 is 1.38 bits per heavy atom. The summed E-state index contributed by atoms with van der Waals surface area (Å²) in [6, 6.07) is 0. The molecular weight excluding hydrogens is 96.1 g/mol. The summed E-state index contributed by atoms with van der Waals surface area (Å²) in [7, 11) is 0. The van der Waals surface area contributed by atoms with Crippen LogP contribution in [0.1, 0.15) is 32.6 Å². The van der Waals surface area contributed by atoms with Gasteiger partial charge in [0, 0.05) is 0 Å². The van der Waals surface area contributed by atoms with E-state index in [1.807, 2.05) is 0 Å². The Bertz CT molecular complexity index is 53.1. The van der Waals surface area contributed by atoms with E-state index in [0.29, 0.717) is 0 Å². The number of unbranched alkanes of at least 4 members (excludes halogenated alkanes) is 2. The maximum atomic E-state index is 3.70. The van der Waals surface area contributed by atoms with Gasteiger partial charge in [-0.25, -0.2) is 0 Å². The van der Waals surface area contributed by atoms with Crippen LogP contribution in [0.4, 0.5) is 0 Å². The second-order valence-electron chi connectivity index (χ2n) is 1.90. The van der Waals surface area contributed by atoms with Crippen molar-refractivity contribution in [2.45, 2.75) is 32.6 Å². The van der Waals surface area contributed by atoms with Gasteiger partial charge in [0.15, 0.2) is 0 Å². The zero-order valence-corrected chi connectivity index (χ0v) is 5.69. The van der Waals surface area contributed by atoms with Crippen LogP contribution in [0.2, 0.25) is 0 Å². The minimum atomic E-state index is 0.934. The summed E-state index contributed by atoms with van der Waals surface area (Å²) in [6.45, 7) is 5.90. The van der Waals surface area contributed by atoms with E-state index in [1.165, 1.54) is 19.3 Å². The summed E-state index contributed by atoms with van der Waals surface area (Å²) >= 11 is 0. The molecule has 0 N–H and O–H groups in total. The maximum absolute atomic E-state index is 3.70. The van der Waals surface area contributed by atoms with Crippen LogP contribution < -0.4 is 0 Å². The van der Waals surface area contributed by atoms with Gasteiger partial charge >= 0.3 is 0 Å². The average Bonchev–Trinajstić information content (AvgIpc) is 1.81. The molecule has 0 aromatic carbocycles. The highest BCUT2D eigenvalue weighted by atomic mass is 13.8. The van der Waals surface area contributed by atoms with Crippen LogP contribution in [0.5, 0.6) is 0 Å². The molecule has 0 aliphatic carbocycles. The van der Waals surface area contributed by atoms with Crippen LogP contribution in [0.3, 0.4) is 0 Å². The van der Waals surface area contributed by atoms with Gasteiger partial charge in [0.2, 0.25) is 0 Å². The molecule has 0 heterocycles. The molecule has 0 aliphatic heterocycles. The highest BCUT2D eigenvalue weighted by molar-refractivity contribution is 4.81. The number of hydrogen-bond donors (Lipinski definition) is 0. The Morgan fingerprint density at radius 2 is 2.12 bits per heavy atom. The number of rotatable bonds is 4. The molecule has 0 aliphatic rings. The number of hydrogen-bond acceptors (Lipinski definition) is 0. The first-order chi connectivity index (χ1) is 3.91. The molecule has 0 bridgehead atoms. The van der Waals surface area contributed by atoms with Gasteiger partial charge in [0.05, 0.1) is 0 Å².